The molecular weight excluding hydrogens is 254 g/mol. The summed E-state index contributed by atoms with van der Waals surface area (Å²) in [7, 11) is 0. The smallest absolute Gasteiger partial charge is 0.120 e. The Bertz CT molecular complexity index is 476. The molecule has 0 aromatic carbocycles. The predicted octanol–water partition coefficient (Wildman–Crippen LogP) is 3.54. The van der Waals surface area contributed by atoms with Crippen molar-refractivity contribution in [3.05, 3.63) is 28.5 Å². The fourth-order valence-corrected chi connectivity index (χ4v) is 2.52. The molecule has 3 nitrogen and oxygen atoms in total. The topological polar surface area (TPSA) is 40.7 Å². The second kappa shape index (κ2) is 5.67. The van der Waals surface area contributed by atoms with Crippen molar-refractivity contribution >= 4 is 22.9 Å². The zero-order valence-corrected chi connectivity index (χ0v) is 11.5. The number of aromatic nitrogens is 2. The van der Waals surface area contributed by atoms with E-state index in [2.05, 4.69) is 29.1 Å². The number of H-pyrrole nitrogens is 1. The number of halogens is 1. The first-order valence-corrected chi connectivity index (χ1v) is 6.85. The molecule has 5 heteroatoms. The first-order chi connectivity index (χ1) is 8.15. The number of rotatable bonds is 5. The summed E-state index contributed by atoms with van der Waals surface area (Å²) in [6.45, 7) is 6.15. The van der Waals surface area contributed by atoms with E-state index < -0.39 is 0 Å². The van der Waals surface area contributed by atoms with Crippen molar-refractivity contribution in [3.63, 3.8) is 0 Å². The maximum Gasteiger partial charge on any atom is 0.120 e. The van der Waals surface area contributed by atoms with Crippen molar-refractivity contribution in [1.82, 2.24) is 15.3 Å². The number of hydrogen-bond donors (Lipinski definition) is 2. The minimum atomic E-state index is 0.653. The summed E-state index contributed by atoms with van der Waals surface area (Å²) in [4.78, 5) is 8.76. The van der Waals surface area contributed by atoms with Crippen molar-refractivity contribution in [2.45, 2.75) is 20.4 Å². The number of imidazole rings is 1. The van der Waals surface area contributed by atoms with E-state index in [1.165, 1.54) is 0 Å². The summed E-state index contributed by atoms with van der Waals surface area (Å²) >= 11 is 7.46. The number of hydrogen-bond acceptors (Lipinski definition) is 3. The Morgan fingerprint density at radius 3 is 2.94 bits per heavy atom. The molecule has 2 rings (SSSR count). The molecule has 0 saturated carbocycles. The lowest BCUT2D eigenvalue weighted by atomic mass is 10.2. The van der Waals surface area contributed by atoms with Gasteiger partial charge in [0, 0.05) is 0 Å². The molecule has 92 valence electrons. The predicted molar refractivity (Wildman–Crippen MR) is 73.5 cm³/mol. The van der Waals surface area contributed by atoms with Crippen LogP contribution in [-0.2, 0) is 6.54 Å². The van der Waals surface area contributed by atoms with Crippen LogP contribution in [0.4, 0.5) is 0 Å². The number of thiophene rings is 1. The maximum atomic E-state index is 5.91. The van der Waals surface area contributed by atoms with Gasteiger partial charge in [-0.3, -0.25) is 0 Å². The van der Waals surface area contributed by atoms with Crippen molar-refractivity contribution in [2.24, 2.45) is 5.92 Å². The van der Waals surface area contributed by atoms with Crippen molar-refractivity contribution in [1.29, 1.82) is 0 Å². The van der Waals surface area contributed by atoms with E-state index in [9.17, 15) is 0 Å². The van der Waals surface area contributed by atoms with E-state index >= 15 is 0 Å². The molecule has 0 spiro atoms. The number of nitrogens with one attached hydrogen (secondary N) is 2. The fourth-order valence-electron chi connectivity index (χ4n) is 1.52. The molecular formula is C12H16ClN3S. The summed E-state index contributed by atoms with van der Waals surface area (Å²) in [6, 6.07) is 3.91. The lowest BCUT2D eigenvalue weighted by molar-refractivity contribution is 0.545. The monoisotopic (exact) mass is 269 g/mol. The van der Waals surface area contributed by atoms with Gasteiger partial charge in [-0.1, -0.05) is 25.4 Å². The SMILES string of the molecule is CC(C)CNCc1ncc(-c2ccc(Cl)s2)[nH]1. The van der Waals surface area contributed by atoms with Gasteiger partial charge >= 0.3 is 0 Å². The van der Waals surface area contributed by atoms with Crippen LogP contribution < -0.4 is 5.32 Å². The summed E-state index contributed by atoms with van der Waals surface area (Å²) in [5.74, 6) is 1.62. The third-order valence-corrected chi connectivity index (χ3v) is 3.58. The zero-order chi connectivity index (χ0) is 12.3. The second-order valence-electron chi connectivity index (χ2n) is 4.37. The average Bonchev–Trinajstić information content (AvgIpc) is 2.86. The zero-order valence-electron chi connectivity index (χ0n) is 9.96. The lowest BCUT2D eigenvalue weighted by Gasteiger charge is -2.04. The van der Waals surface area contributed by atoms with Crippen LogP contribution in [0.1, 0.15) is 19.7 Å². The van der Waals surface area contributed by atoms with Gasteiger partial charge in [-0.05, 0) is 24.6 Å². The van der Waals surface area contributed by atoms with Crippen molar-refractivity contribution in [3.8, 4) is 10.6 Å². The minimum absolute atomic E-state index is 0.653. The summed E-state index contributed by atoms with van der Waals surface area (Å²) in [5.41, 5.74) is 1.03. The molecule has 0 aliphatic rings. The molecule has 2 heterocycles. The van der Waals surface area contributed by atoms with E-state index in [4.69, 9.17) is 11.6 Å². The molecule has 0 atom stereocenters. The van der Waals surface area contributed by atoms with Gasteiger partial charge in [0.1, 0.15) is 5.82 Å². The summed E-state index contributed by atoms with van der Waals surface area (Å²) < 4.78 is 0.800. The molecule has 0 amide bonds. The van der Waals surface area contributed by atoms with Crippen LogP contribution in [0.25, 0.3) is 10.6 Å². The molecule has 0 bridgehead atoms. The van der Waals surface area contributed by atoms with Crippen LogP contribution >= 0.6 is 22.9 Å². The molecule has 2 N–H and O–H groups in total. The Morgan fingerprint density at radius 1 is 1.47 bits per heavy atom. The highest BCUT2D eigenvalue weighted by molar-refractivity contribution is 7.19. The molecule has 0 fully saturated rings. The largest absolute Gasteiger partial charge is 0.340 e. The molecule has 0 aliphatic carbocycles. The van der Waals surface area contributed by atoms with E-state index in [1.807, 2.05) is 18.3 Å². The Labute approximate surface area is 110 Å². The van der Waals surface area contributed by atoms with Gasteiger partial charge in [-0.25, -0.2) is 4.98 Å². The highest BCUT2D eigenvalue weighted by atomic mass is 35.5. The molecule has 2 aromatic rings. The van der Waals surface area contributed by atoms with E-state index in [0.29, 0.717) is 5.92 Å². The fraction of sp³-hybridized carbons (Fsp3) is 0.417. The van der Waals surface area contributed by atoms with Gasteiger partial charge < -0.3 is 10.3 Å². The van der Waals surface area contributed by atoms with Crippen LogP contribution in [-0.4, -0.2) is 16.5 Å². The van der Waals surface area contributed by atoms with E-state index in [1.54, 1.807) is 11.3 Å². The molecule has 2 aromatic heterocycles. The lowest BCUT2D eigenvalue weighted by Crippen LogP contribution is -2.19. The van der Waals surface area contributed by atoms with Crippen molar-refractivity contribution < 1.29 is 0 Å². The third kappa shape index (κ3) is 3.56. The third-order valence-electron chi connectivity index (χ3n) is 2.31. The van der Waals surface area contributed by atoms with E-state index in [-0.39, 0.29) is 0 Å². The van der Waals surface area contributed by atoms with Gasteiger partial charge in [0.25, 0.3) is 0 Å². The van der Waals surface area contributed by atoms with E-state index in [0.717, 1.165) is 33.8 Å². The van der Waals surface area contributed by atoms with Crippen molar-refractivity contribution in [2.75, 3.05) is 6.54 Å². The number of nitrogens with zero attached hydrogens (tertiary/aromatic N) is 1. The van der Waals surface area contributed by atoms with Crippen LogP contribution in [0.2, 0.25) is 4.34 Å². The first kappa shape index (κ1) is 12.6. The molecule has 0 saturated heterocycles. The Balaban J connectivity index is 1.96. The van der Waals surface area contributed by atoms with Gasteiger partial charge in [0.2, 0.25) is 0 Å². The normalized spacial score (nSPS) is 11.3. The van der Waals surface area contributed by atoms with Crippen LogP contribution in [0, 0.1) is 5.92 Å². The quantitative estimate of drug-likeness (QED) is 0.872. The van der Waals surface area contributed by atoms with Gasteiger partial charge in [0.15, 0.2) is 0 Å². The van der Waals surface area contributed by atoms with Crippen LogP contribution in [0.15, 0.2) is 18.3 Å². The Kier molecular flexibility index (Phi) is 4.20. The second-order valence-corrected chi connectivity index (χ2v) is 6.09. The molecule has 0 unspecified atom stereocenters. The van der Waals surface area contributed by atoms with Gasteiger partial charge in [-0.2, -0.15) is 0 Å². The van der Waals surface area contributed by atoms with Crippen LogP contribution in [0.5, 0.6) is 0 Å². The molecule has 0 aliphatic heterocycles. The highest BCUT2D eigenvalue weighted by Crippen LogP contribution is 2.29. The van der Waals surface area contributed by atoms with Crippen LogP contribution in [0.3, 0.4) is 0 Å². The first-order valence-electron chi connectivity index (χ1n) is 5.65. The molecule has 0 radical (unpaired) electrons. The Hall–Kier alpha value is -0.840. The number of aromatic amines is 1. The van der Waals surface area contributed by atoms with Gasteiger partial charge in [-0.15, -0.1) is 11.3 Å². The summed E-state index contributed by atoms with van der Waals surface area (Å²) in [6.07, 6.45) is 1.86. The maximum absolute atomic E-state index is 5.91. The standard InChI is InChI=1S/C12H16ClN3S/c1-8(2)5-14-7-12-15-6-9(16-12)10-3-4-11(13)17-10/h3-4,6,8,14H,5,7H2,1-2H3,(H,15,16). The average molecular weight is 270 g/mol. The minimum Gasteiger partial charge on any atom is -0.340 e. The van der Waals surface area contributed by atoms with Gasteiger partial charge in [0.05, 0.1) is 27.6 Å². The Morgan fingerprint density at radius 2 is 2.29 bits per heavy atom. The molecule has 17 heavy (non-hydrogen) atoms. The highest BCUT2D eigenvalue weighted by Gasteiger charge is 2.05. The summed E-state index contributed by atoms with van der Waals surface area (Å²) in [5, 5.41) is 3.35.